The van der Waals surface area contributed by atoms with Gasteiger partial charge in [0.1, 0.15) is 0 Å². The predicted octanol–water partition coefficient (Wildman–Crippen LogP) is -0.0150. The van der Waals surface area contributed by atoms with Crippen molar-refractivity contribution in [1.29, 1.82) is 5.26 Å². The van der Waals surface area contributed by atoms with E-state index in [1.807, 2.05) is 6.07 Å². The van der Waals surface area contributed by atoms with Crippen molar-refractivity contribution in [3.8, 4) is 6.07 Å². The maximum absolute atomic E-state index is 11.9. The van der Waals surface area contributed by atoms with Crippen LogP contribution in [0.4, 0.5) is 0 Å². The molecule has 1 unspecified atom stereocenters. The lowest BCUT2D eigenvalue weighted by Gasteiger charge is -2.15. The zero-order valence-corrected chi connectivity index (χ0v) is 11.4. The minimum Gasteiger partial charge on any atom is -0.395 e. The van der Waals surface area contributed by atoms with E-state index in [0.29, 0.717) is 11.1 Å². The van der Waals surface area contributed by atoms with Crippen molar-refractivity contribution in [1.82, 2.24) is 4.72 Å². The minimum atomic E-state index is -3.59. The summed E-state index contributed by atoms with van der Waals surface area (Å²) in [4.78, 5) is 0. The van der Waals surface area contributed by atoms with Crippen molar-refractivity contribution >= 4 is 10.0 Å². The second kappa shape index (κ2) is 7.21. The number of ether oxygens (including phenoxy) is 1. The standard InChI is InChI=1S/C12H16N2O4S/c1-18-8-12(7-15)14-19(16,17)9-11-4-2-3-10(5-11)6-13/h2-5,12,14-15H,7-9H2,1H3. The van der Waals surface area contributed by atoms with Crippen LogP contribution in [0, 0.1) is 11.3 Å². The first-order chi connectivity index (χ1) is 9.00. The van der Waals surface area contributed by atoms with E-state index in [2.05, 4.69) is 4.72 Å². The highest BCUT2D eigenvalue weighted by Gasteiger charge is 2.17. The van der Waals surface area contributed by atoms with Gasteiger partial charge in [-0.2, -0.15) is 5.26 Å². The Morgan fingerprint density at radius 3 is 2.84 bits per heavy atom. The van der Waals surface area contributed by atoms with E-state index >= 15 is 0 Å². The maximum atomic E-state index is 11.9. The molecule has 6 nitrogen and oxygen atoms in total. The van der Waals surface area contributed by atoms with Gasteiger partial charge in [-0.3, -0.25) is 0 Å². The van der Waals surface area contributed by atoms with Crippen LogP contribution >= 0.6 is 0 Å². The Bertz CT molecular complexity index is 551. The van der Waals surface area contributed by atoms with Gasteiger partial charge in [0, 0.05) is 7.11 Å². The van der Waals surface area contributed by atoms with Crippen molar-refractivity contribution < 1.29 is 18.3 Å². The highest BCUT2D eigenvalue weighted by atomic mass is 32.2. The van der Waals surface area contributed by atoms with Crippen LogP contribution in [-0.4, -0.2) is 39.9 Å². The summed E-state index contributed by atoms with van der Waals surface area (Å²) in [6, 6.07) is 7.65. The van der Waals surface area contributed by atoms with Gasteiger partial charge in [0.05, 0.1) is 36.6 Å². The van der Waals surface area contributed by atoms with E-state index in [-0.39, 0.29) is 19.0 Å². The molecule has 0 saturated heterocycles. The smallest absolute Gasteiger partial charge is 0.216 e. The topological polar surface area (TPSA) is 99.4 Å². The van der Waals surface area contributed by atoms with Crippen LogP contribution in [-0.2, 0) is 20.5 Å². The van der Waals surface area contributed by atoms with Gasteiger partial charge in [-0.15, -0.1) is 0 Å². The molecule has 0 radical (unpaired) electrons. The van der Waals surface area contributed by atoms with E-state index in [1.165, 1.54) is 13.2 Å². The second-order valence-corrected chi connectivity index (χ2v) is 5.78. The van der Waals surface area contributed by atoms with Gasteiger partial charge < -0.3 is 9.84 Å². The highest BCUT2D eigenvalue weighted by molar-refractivity contribution is 7.88. The van der Waals surface area contributed by atoms with Crippen molar-refractivity contribution in [2.45, 2.75) is 11.8 Å². The van der Waals surface area contributed by atoms with Crippen LogP contribution < -0.4 is 4.72 Å². The number of nitrogens with zero attached hydrogens (tertiary/aromatic N) is 1. The minimum absolute atomic E-state index is 0.0912. The highest BCUT2D eigenvalue weighted by Crippen LogP contribution is 2.08. The number of hydrogen-bond donors (Lipinski definition) is 2. The number of aliphatic hydroxyl groups is 1. The molecule has 0 aliphatic rings. The molecule has 0 aliphatic carbocycles. The average Bonchev–Trinajstić information content (AvgIpc) is 2.37. The Labute approximate surface area is 112 Å². The Morgan fingerprint density at radius 1 is 1.53 bits per heavy atom. The molecule has 1 aromatic rings. The van der Waals surface area contributed by atoms with Crippen LogP contribution in [0.3, 0.4) is 0 Å². The molecule has 0 aromatic heterocycles. The molecule has 0 spiro atoms. The number of rotatable bonds is 7. The molecule has 19 heavy (non-hydrogen) atoms. The van der Waals surface area contributed by atoms with Crippen molar-refractivity contribution in [2.24, 2.45) is 0 Å². The third-order valence-electron chi connectivity index (χ3n) is 2.35. The Hall–Kier alpha value is -1.46. The fraction of sp³-hybridized carbons (Fsp3) is 0.417. The summed E-state index contributed by atoms with van der Waals surface area (Å²) in [5, 5.41) is 17.8. The predicted molar refractivity (Wildman–Crippen MR) is 69.7 cm³/mol. The summed E-state index contributed by atoms with van der Waals surface area (Å²) >= 11 is 0. The SMILES string of the molecule is COCC(CO)NS(=O)(=O)Cc1cccc(C#N)c1. The average molecular weight is 284 g/mol. The summed E-state index contributed by atoms with van der Waals surface area (Å²) in [7, 11) is -2.17. The molecular formula is C12H16N2O4S. The first-order valence-corrected chi connectivity index (χ1v) is 7.25. The first kappa shape index (κ1) is 15.6. The molecule has 0 fully saturated rings. The fourth-order valence-corrected chi connectivity index (χ4v) is 2.92. The lowest BCUT2D eigenvalue weighted by Crippen LogP contribution is -2.41. The summed E-state index contributed by atoms with van der Waals surface area (Å²) in [6.07, 6.45) is 0. The second-order valence-electron chi connectivity index (χ2n) is 4.02. The monoisotopic (exact) mass is 284 g/mol. The number of aliphatic hydroxyl groups excluding tert-OH is 1. The molecule has 0 bridgehead atoms. The van der Waals surface area contributed by atoms with Gasteiger partial charge in [-0.05, 0) is 17.7 Å². The number of hydrogen-bond acceptors (Lipinski definition) is 5. The van der Waals surface area contributed by atoms with E-state index in [0.717, 1.165) is 0 Å². The van der Waals surface area contributed by atoms with Gasteiger partial charge in [0.15, 0.2) is 0 Å². The zero-order chi connectivity index (χ0) is 14.3. The maximum Gasteiger partial charge on any atom is 0.216 e. The van der Waals surface area contributed by atoms with Crippen LogP contribution in [0.5, 0.6) is 0 Å². The Balaban J connectivity index is 2.76. The number of methoxy groups -OCH3 is 1. The number of sulfonamides is 1. The fourth-order valence-electron chi connectivity index (χ4n) is 1.57. The molecule has 7 heteroatoms. The van der Waals surface area contributed by atoms with Crippen molar-refractivity contribution in [2.75, 3.05) is 20.3 Å². The van der Waals surface area contributed by atoms with Crippen LogP contribution in [0.25, 0.3) is 0 Å². The number of nitriles is 1. The largest absolute Gasteiger partial charge is 0.395 e. The normalized spacial score (nSPS) is 12.9. The van der Waals surface area contributed by atoms with E-state index in [4.69, 9.17) is 15.1 Å². The summed E-state index contributed by atoms with van der Waals surface area (Å²) in [6.45, 7) is -0.251. The summed E-state index contributed by atoms with van der Waals surface area (Å²) in [5.74, 6) is -0.247. The molecule has 0 amide bonds. The van der Waals surface area contributed by atoms with Gasteiger partial charge in [0.2, 0.25) is 10.0 Å². The molecule has 0 aliphatic heterocycles. The molecule has 104 valence electrons. The molecule has 1 rings (SSSR count). The van der Waals surface area contributed by atoms with Crippen LogP contribution in [0.1, 0.15) is 11.1 Å². The van der Waals surface area contributed by atoms with Crippen molar-refractivity contribution in [3.63, 3.8) is 0 Å². The lowest BCUT2D eigenvalue weighted by atomic mass is 10.2. The lowest BCUT2D eigenvalue weighted by molar-refractivity contribution is 0.139. The van der Waals surface area contributed by atoms with E-state index in [1.54, 1.807) is 18.2 Å². The number of nitrogens with one attached hydrogen (secondary N) is 1. The van der Waals surface area contributed by atoms with Gasteiger partial charge in [0.25, 0.3) is 0 Å². The van der Waals surface area contributed by atoms with E-state index in [9.17, 15) is 8.42 Å². The summed E-state index contributed by atoms with van der Waals surface area (Å²) in [5.41, 5.74) is 0.920. The Morgan fingerprint density at radius 2 is 2.26 bits per heavy atom. The van der Waals surface area contributed by atoms with Crippen LogP contribution in [0.2, 0.25) is 0 Å². The Kier molecular flexibility index (Phi) is 5.92. The van der Waals surface area contributed by atoms with Gasteiger partial charge in [-0.1, -0.05) is 12.1 Å². The van der Waals surface area contributed by atoms with E-state index < -0.39 is 16.1 Å². The summed E-state index contributed by atoms with van der Waals surface area (Å²) < 4.78 is 30.9. The molecular weight excluding hydrogens is 268 g/mol. The molecule has 0 saturated carbocycles. The zero-order valence-electron chi connectivity index (χ0n) is 10.5. The van der Waals surface area contributed by atoms with Gasteiger partial charge in [-0.25, -0.2) is 13.1 Å². The van der Waals surface area contributed by atoms with Crippen molar-refractivity contribution in [3.05, 3.63) is 35.4 Å². The van der Waals surface area contributed by atoms with Crippen LogP contribution in [0.15, 0.2) is 24.3 Å². The molecule has 2 N–H and O–H groups in total. The number of benzene rings is 1. The molecule has 0 heterocycles. The third-order valence-corrected chi connectivity index (χ3v) is 3.75. The molecule has 1 atom stereocenters. The first-order valence-electron chi connectivity index (χ1n) is 5.59. The third kappa shape index (κ3) is 5.36. The molecule has 1 aromatic carbocycles. The van der Waals surface area contributed by atoms with Gasteiger partial charge >= 0.3 is 0 Å². The quantitative estimate of drug-likeness (QED) is 0.733.